The molecule has 0 bridgehead atoms. The van der Waals surface area contributed by atoms with E-state index in [1.165, 1.54) is 25.0 Å². The Balaban J connectivity index is 2.33. The van der Waals surface area contributed by atoms with Crippen molar-refractivity contribution in [3.63, 3.8) is 0 Å². The van der Waals surface area contributed by atoms with E-state index in [0.29, 0.717) is 11.9 Å². The molecule has 5 nitrogen and oxygen atoms in total. The van der Waals surface area contributed by atoms with Gasteiger partial charge in [-0.2, -0.15) is 0 Å². The number of rotatable bonds is 2. The van der Waals surface area contributed by atoms with Crippen molar-refractivity contribution < 1.29 is 4.92 Å². The summed E-state index contributed by atoms with van der Waals surface area (Å²) in [5.41, 5.74) is 0.00134. The Labute approximate surface area is 111 Å². The van der Waals surface area contributed by atoms with Crippen LogP contribution in [0.15, 0.2) is 12.1 Å². The summed E-state index contributed by atoms with van der Waals surface area (Å²) in [5, 5.41) is 11.0. The van der Waals surface area contributed by atoms with Gasteiger partial charge in [0, 0.05) is 12.6 Å². The topological polar surface area (TPSA) is 59.3 Å². The third kappa shape index (κ3) is 2.90. The third-order valence-electron chi connectivity index (χ3n) is 3.32. The van der Waals surface area contributed by atoms with Crippen molar-refractivity contribution in [2.24, 2.45) is 0 Å². The van der Waals surface area contributed by atoms with Crippen LogP contribution < -0.4 is 4.90 Å². The van der Waals surface area contributed by atoms with Gasteiger partial charge in [0.25, 0.3) is 5.69 Å². The number of nitro groups is 1. The average molecular weight is 270 g/mol. The van der Waals surface area contributed by atoms with Crippen LogP contribution in [-0.4, -0.2) is 22.5 Å². The van der Waals surface area contributed by atoms with Crippen molar-refractivity contribution in [2.45, 2.75) is 38.6 Å². The van der Waals surface area contributed by atoms with Crippen molar-refractivity contribution in [1.82, 2.24) is 4.98 Å². The zero-order chi connectivity index (χ0) is 13.1. The van der Waals surface area contributed by atoms with E-state index in [2.05, 4.69) is 16.8 Å². The molecule has 1 aromatic rings. The molecule has 98 valence electrons. The fraction of sp³-hybridized carbons (Fsp3) is 0.583. The van der Waals surface area contributed by atoms with Gasteiger partial charge in [-0.3, -0.25) is 10.1 Å². The Morgan fingerprint density at radius 3 is 2.94 bits per heavy atom. The normalized spacial score (nSPS) is 20.6. The average Bonchev–Trinajstić information content (AvgIpc) is 2.53. The standard InChI is InChI=1S/C12H16ClN3O2/c1-9-5-3-2-4-6-15(9)12-8-10(16(17)18)7-11(13)14-12/h7-9H,2-6H2,1H3. The Bertz CT molecular complexity index is 453. The van der Waals surface area contributed by atoms with Crippen molar-refractivity contribution in [3.8, 4) is 0 Å². The minimum absolute atomic E-state index is 0.00134. The maximum Gasteiger partial charge on any atom is 0.276 e. The summed E-state index contributed by atoms with van der Waals surface area (Å²) in [6.45, 7) is 3.01. The predicted octanol–water partition coefficient (Wildman–Crippen LogP) is 3.41. The molecule has 1 fully saturated rings. The quantitative estimate of drug-likeness (QED) is 0.469. The molecule has 0 aromatic carbocycles. The maximum atomic E-state index is 10.8. The van der Waals surface area contributed by atoms with Gasteiger partial charge in [0.2, 0.25) is 0 Å². The Morgan fingerprint density at radius 2 is 2.22 bits per heavy atom. The molecule has 18 heavy (non-hydrogen) atoms. The summed E-state index contributed by atoms with van der Waals surface area (Å²) >= 11 is 5.86. The Kier molecular flexibility index (Phi) is 4.01. The molecule has 6 heteroatoms. The lowest BCUT2D eigenvalue weighted by atomic mass is 10.1. The molecule has 1 saturated heterocycles. The molecule has 2 heterocycles. The van der Waals surface area contributed by atoms with Gasteiger partial charge < -0.3 is 4.90 Å². The summed E-state index contributed by atoms with van der Waals surface area (Å²) in [5.74, 6) is 0.614. The number of aromatic nitrogens is 1. The van der Waals surface area contributed by atoms with Gasteiger partial charge in [0.15, 0.2) is 0 Å². The van der Waals surface area contributed by atoms with E-state index >= 15 is 0 Å². The molecular weight excluding hydrogens is 254 g/mol. The fourth-order valence-corrected chi connectivity index (χ4v) is 2.54. The van der Waals surface area contributed by atoms with E-state index in [-0.39, 0.29) is 10.8 Å². The first kappa shape index (κ1) is 13.1. The lowest BCUT2D eigenvalue weighted by Gasteiger charge is -2.28. The van der Waals surface area contributed by atoms with Gasteiger partial charge >= 0.3 is 0 Å². The molecule has 1 aliphatic rings. The lowest BCUT2D eigenvalue weighted by Crippen LogP contribution is -2.33. The minimum atomic E-state index is -0.431. The summed E-state index contributed by atoms with van der Waals surface area (Å²) in [6, 6.07) is 3.14. The fourth-order valence-electron chi connectivity index (χ4n) is 2.34. The largest absolute Gasteiger partial charge is 0.354 e. The first-order chi connectivity index (χ1) is 8.58. The minimum Gasteiger partial charge on any atom is -0.354 e. The molecule has 1 aromatic heterocycles. The molecule has 2 rings (SSSR count). The van der Waals surface area contributed by atoms with Crippen LogP contribution in [0.2, 0.25) is 5.15 Å². The van der Waals surface area contributed by atoms with Gasteiger partial charge in [-0.25, -0.2) is 4.98 Å². The van der Waals surface area contributed by atoms with E-state index in [4.69, 9.17) is 11.6 Å². The van der Waals surface area contributed by atoms with Crippen LogP contribution in [0.25, 0.3) is 0 Å². The molecule has 0 radical (unpaired) electrons. The number of pyridine rings is 1. The van der Waals surface area contributed by atoms with Crippen molar-refractivity contribution in [3.05, 3.63) is 27.4 Å². The highest BCUT2D eigenvalue weighted by atomic mass is 35.5. The molecule has 1 unspecified atom stereocenters. The summed E-state index contributed by atoms with van der Waals surface area (Å²) in [7, 11) is 0. The number of hydrogen-bond acceptors (Lipinski definition) is 4. The number of hydrogen-bond donors (Lipinski definition) is 0. The monoisotopic (exact) mass is 269 g/mol. The van der Waals surface area contributed by atoms with Gasteiger partial charge in [0.05, 0.1) is 17.1 Å². The van der Waals surface area contributed by atoms with E-state index in [0.717, 1.165) is 19.4 Å². The van der Waals surface area contributed by atoms with Crippen molar-refractivity contribution in [2.75, 3.05) is 11.4 Å². The van der Waals surface area contributed by atoms with Crippen molar-refractivity contribution >= 4 is 23.1 Å². The second kappa shape index (κ2) is 5.52. The van der Waals surface area contributed by atoms with E-state index in [9.17, 15) is 10.1 Å². The molecule has 0 saturated carbocycles. The molecule has 0 amide bonds. The van der Waals surface area contributed by atoms with Crippen molar-refractivity contribution in [1.29, 1.82) is 0 Å². The summed E-state index contributed by atoms with van der Waals surface area (Å²) in [4.78, 5) is 16.7. The number of nitrogens with zero attached hydrogens (tertiary/aromatic N) is 3. The molecule has 0 N–H and O–H groups in total. The molecule has 0 spiro atoms. The highest BCUT2D eigenvalue weighted by Gasteiger charge is 2.21. The maximum absolute atomic E-state index is 10.8. The van der Waals surface area contributed by atoms with Gasteiger partial charge in [-0.1, -0.05) is 24.4 Å². The summed E-state index contributed by atoms with van der Waals surface area (Å²) < 4.78 is 0. The van der Waals surface area contributed by atoms with Gasteiger partial charge in [0.1, 0.15) is 11.0 Å². The van der Waals surface area contributed by atoms with E-state index in [1.807, 2.05) is 0 Å². The van der Waals surface area contributed by atoms with Crippen LogP contribution in [-0.2, 0) is 0 Å². The zero-order valence-corrected chi connectivity index (χ0v) is 11.1. The molecule has 0 aliphatic carbocycles. The van der Waals surface area contributed by atoms with E-state index < -0.39 is 4.92 Å². The number of anilines is 1. The van der Waals surface area contributed by atoms with E-state index in [1.54, 1.807) is 0 Å². The smallest absolute Gasteiger partial charge is 0.276 e. The Hall–Kier alpha value is -1.36. The van der Waals surface area contributed by atoms with Gasteiger partial charge in [-0.15, -0.1) is 0 Å². The van der Waals surface area contributed by atoms with Gasteiger partial charge in [-0.05, 0) is 19.8 Å². The van der Waals surface area contributed by atoms with Crippen LogP contribution in [0.5, 0.6) is 0 Å². The first-order valence-electron chi connectivity index (χ1n) is 6.16. The summed E-state index contributed by atoms with van der Waals surface area (Å²) in [6.07, 6.45) is 4.57. The van der Waals surface area contributed by atoms with Crippen LogP contribution in [0, 0.1) is 10.1 Å². The molecule has 1 atom stereocenters. The Morgan fingerprint density at radius 1 is 1.44 bits per heavy atom. The first-order valence-corrected chi connectivity index (χ1v) is 6.54. The highest BCUT2D eigenvalue weighted by Crippen LogP contribution is 2.27. The van der Waals surface area contributed by atoms with Crippen LogP contribution in [0.1, 0.15) is 32.6 Å². The third-order valence-corrected chi connectivity index (χ3v) is 3.52. The van der Waals surface area contributed by atoms with Crippen LogP contribution in [0.3, 0.4) is 0 Å². The second-order valence-electron chi connectivity index (χ2n) is 4.66. The SMILES string of the molecule is CC1CCCCCN1c1cc([N+](=O)[O-])cc(Cl)n1. The number of halogens is 1. The highest BCUT2D eigenvalue weighted by molar-refractivity contribution is 6.29. The zero-order valence-electron chi connectivity index (χ0n) is 10.3. The van der Waals surface area contributed by atoms with Crippen LogP contribution in [0.4, 0.5) is 11.5 Å². The van der Waals surface area contributed by atoms with Crippen LogP contribution >= 0.6 is 11.6 Å². The second-order valence-corrected chi connectivity index (χ2v) is 5.04. The molecule has 1 aliphatic heterocycles. The predicted molar refractivity (Wildman–Crippen MR) is 71.2 cm³/mol. The molecular formula is C12H16ClN3O2. The lowest BCUT2D eigenvalue weighted by molar-refractivity contribution is -0.384.